The second-order valence-corrected chi connectivity index (χ2v) is 6.05. The van der Waals surface area contributed by atoms with Crippen LogP contribution in [0.15, 0.2) is 28.2 Å². The third-order valence-corrected chi connectivity index (χ3v) is 5.18. The molecule has 1 aliphatic rings. The quantitative estimate of drug-likeness (QED) is 0.752. The Labute approximate surface area is 118 Å². The van der Waals surface area contributed by atoms with Gasteiger partial charge in [0.15, 0.2) is 0 Å². The van der Waals surface area contributed by atoms with E-state index in [0.717, 1.165) is 43.6 Å². The highest BCUT2D eigenvalue weighted by Crippen LogP contribution is 2.40. The van der Waals surface area contributed by atoms with Gasteiger partial charge in [0.05, 0.1) is 11.6 Å². The zero-order chi connectivity index (χ0) is 12.7. The Kier molecular flexibility index (Phi) is 2.89. The molecule has 1 saturated carbocycles. The van der Waals surface area contributed by atoms with Crippen LogP contribution >= 0.6 is 27.3 Å². The maximum absolute atomic E-state index is 9.04. The summed E-state index contributed by atoms with van der Waals surface area (Å²) in [5.74, 6) is 0.994. The van der Waals surface area contributed by atoms with E-state index in [4.69, 9.17) is 10.00 Å². The van der Waals surface area contributed by atoms with Crippen molar-refractivity contribution in [3.63, 3.8) is 0 Å². The number of hydrogen-bond donors (Lipinski definition) is 0. The molecule has 3 rings (SSSR count). The van der Waals surface area contributed by atoms with Gasteiger partial charge >= 0.3 is 0 Å². The van der Waals surface area contributed by atoms with Crippen LogP contribution < -0.4 is 0 Å². The smallest absolute Gasteiger partial charge is 0.125 e. The molecular formula is C14H10BrNOS. The molecule has 0 aliphatic heterocycles. The number of nitriles is 1. The zero-order valence-electron chi connectivity index (χ0n) is 9.79. The van der Waals surface area contributed by atoms with Crippen LogP contribution in [0.5, 0.6) is 0 Å². The molecule has 0 radical (unpaired) electrons. The molecule has 0 amide bonds. The summed E-state index contributed by atoms with van der Waals surface area (Å²) in [7, 11) is 1.72. The van der Waals surface area contributed by atoms with Crippen LogP contribution in [0, 0.1) is 11.3 Å². The van der Waals surface area contributed by atoms with Crippen molar-refractivity contribution in [2.45, 2.75) is 12.8 Å². The van der Waals surface area contributed by atoms with E-state index in [2.05, 4.69) is 40.2 Å². The van der Waals surface area contributed by atoms with E-state index in [1.54, 1.807) is 7.11 Å². The van der Waals surface area contributed by atoms with Crippen molar-refractivity contribution in [3.8, 4) is 6.07 Å². The first-order valence-electron chi connectivity index (χ1n) is 5.63. The van der Waals surface area contributed by atoms with Gasteiger partial charge in [-0.1, -0.05) is 0 Å². The Hall–Kier alpha value is -1.31. The fourth-order valence-electron chi connectivity index (χ4n) is 2.04. The third-order valence-electron chi connectivity index (χ3n) is 3.02. The molecule has 1 aromatic carbocycles. The minimum atomic E-state index is 0.722. The lowest BCUT2D eigenvalue weighted by Crippen LogP contribution is -1.86. The van der Waals surface area contributed by atoms with Gasteiger partial charge in [0.25, 0.3) is 0 Å². The monoisotopic (exact) mass is 319 g/mol. The predicted octanol–water partition coefficient (Wildman–Crippen LogP) is 4.69. The Morgan fingerprint density at radius 1 is 1.44 bits per heavy atom. The Balaban J connectivity index is 2.20. The van der Waals surface area contributed by atoms with E-state index in [1.165, 1.54) is 16.9 Å². The lowest BCUT2D eigenvalue weighted by atomic mass is 10.1. The van der Waals surface area contributed by atoms with Crippen LogP contribution in [0.3, 0.4) is 0 Å². The number of halogens is 1. The number of rotatable bonds is 2. The molecule has 0 bridgehead atoms. The maximum Gasteiger partial charge on any atom is 0.125 e. The molecule has 90 valence electrons. The molecule has 1 fully saturated rings. The topological polar surface area (TPSA) is 33.0 Å². The lowest BCUT2D eigenvalue weighted by Gasteiger charge is -2.06. The number of benzene rings is 1. The summed E-state index contributed by atoms with van der Waals surface area (Å²) in [4.78, 5) is 0.722. The summed E-state index contributed by atoms with van der Waals surface area (Å²) in [5.41, 5.74) is 2.48. The highest BCUT2D eigenvalue weighted by atomic mass is 79.9. The average molecular weight is 320 g/mol. The van der Waals surface area contributed by atoms with Crippen molar-refractivity contribution in [2.75, 3.05) is 7.11 Å². The Morgan fingerprint density at radius 2 is 2.22 bits per heavy atom. The summed E-state index contributed by atoms with van der Waals surface area (Å²) < 4.78 is 7.50. The second-order valence-electron chi connectivity index (χ2n) is 4.20. The molecule has 1 aliphatic carbocycles. The molecule has 1 heterocycles. The van der Waals surface area contributed by atoms with Crippen molar-refractivity contribution in [1.82, 2.24) is 0 Å². The van der Waals surface area contributed by atoms with E-state index >= 15 is 0 Å². The number of allylic oxidation sites excluding steroid dienone is 1. The Morgan fingerprint density at radius 3 is 2.83 bits per heavy atom. The fourth-order valence-corrected chi connectivity index (χ4v) is 3.70. The molecule has 0 unspecified atom stereocenters. The molecule has 0 spiro atoms. The zero-order valence-corrected chi connectivity index (χ0v) is 12.2. The molecular weight excluding hydrogens is 310 g/mol. The van der Waals surface area contributed by atoms with Crippen molar-refractivity contribution in [2.24, 2.45) is 0 Å². The number of fused-ring (bicyclic) bond motifs is 1. The van der Waals surface area contributed by atoms with E-state index in [9.17, 15) is 0 Å². The summed E-state index contributed by atoms with van der Waals surface area (Å²) >= 11 is 5.01. The van der Waals surface area contributed by atoms with Gasteiger partial charge in [-0.2, -0.15) is 5.26 Å². The lowest BCUT2D eigenvalue weighted by molar-refractivity contribution is 0.368. The van der Waals surface area contributed by atoms with Gasteiger partial charge in [-0.3, -0.25) is 0 Å². The van der Waals surface area contributed by atoms with Gasteiger partial charge in [0.1, 0.15) is 16.7 Å². The fraction of sp³-hybridized carbons (Fsp3) is 0.214. The minimum absolute atomic E-state index is 0.722. The van der Waals surface area contributed by atoms with Crippen molar-refractivity contribution >= 4 is 43.1 Å². The summed E-state index contributed by atoms with van der Waals surface area (Å²) in [6.45, 7) is 0. The minimum Gasteiger partial charge on any atom is -0.496 e. The number of thiophene rings is 1. The maximum atomic E-state index is 9.04. The van der Waals surface area contributed by atoms with Crippen LogP contribution in [0.2, 0.25) is 0 Å². The molecule has 0 saturated heterocycles. The summed E-state index contributed by atoms with van der Waals surface area (Å²) in [6, 6.07) is 8.43. The number of ether oxygens (including phenoxy) is 1. The van der Waals surface area contributed by atoms with Gasteiger partial charge < -0.3 is 4.74 Å². The third kappa shape index (κ3) is 1.84. The highest BCUT2D eigenvalue weighted by molar-refractivity contribution is 9.10. The molecule has 1 aromatic heterocycles. The average Bonchev–Trinajstić information content (AvgIpc) is 3.16. The first-order chi connectivity index (χ1) is 8.74. The first kappa shape index (κ1) is 11.8. The van der Waals surface area contributed by atoms with Crippen LogP contribution in [0.4, 0.5) is 0 Å². The van der Waals surface area contributed by atoms with Crippen LogP contribution in [0.1, 0.15) is 23.3 Å². The molecule has 2 aromatic rings. The Bertz CT molecular complexity index is 702. The van der Waals surface area contributed by atoms with Crippen molar-refractivity contribution < 1.29 is 4.74 Å². The largest absolute Gasteiger partial charge is 0.496 e. The van der Waals surface area contributed by atoms with E-state index < -0.39 is 0 Å². The van der Waals surface area contributed by atoms with Gasteiger partial charge in [-0.25, -0.2) is 0 Å². The molecule has 0 atom stereocenters. The molecule has 4 heteroatoms. The van der Waals surface area contributed by atoms with Gasteiger partial charge in [0.2, 0.25) is 0 Å². The van der Waals surface area contributed by atoms with E-state index in [-0.39, 0.29) is 0 Å². The van der Waals surface area contributed by atoms with Crippen molar-refractivity contribution in [1.29, 1.82) is 5.26 Å². The number of nitrogens with zero attached hydrogens (tertiary/aromatic N) is 1. The standard InChI is InChI=1S/C14H10BrNOS/c1-17-14(8-2-3-8)9-4-5-11-10(6-9)13(15)12(7-16)18-11/h4-6H,2-3H2,1H3. The van der Waals surface area contributed by atoms with Crippen LogP contribution in [-0.4, -0.2) is 7.11 Å². The van der Waals surface area contributed by atoms with Gasteiger partial charge in [0, 0.05) is 15.6 Å². The summed E-state index contributed by atoms with van der Waals surface area (Å²) in [5, 5.41) is 10.1. The highest BCUT2D eigenvalue weighted by Gasteiger charge is 2.20. The number of methoxy groups -OCH3 is 1. The van der Waals surface area contributed by atoms with Gasteiger partial charge in [-0.15, -0.1) is 11.3 Å². The van der Waals surface area contributed by atoms with Crippen LogP contribution in [-0.2, 0) is 4.74 Å². The van der Waals surface area contributed by atoms with E-state index in [0.29, 0.717) is 0 Å². The molecule has 0 N–H and O–H groups in total. The normalized spacial score (nSPS) is 13.5. The first-order valence-corrected chi connectivity index (χ1v) is 7.24. The van der Waals surface area contributed by atoms with Crippen molar-refractivity contribution in [3.05, 3.63) is 38.7 Å². The second kappa shape index (κ2) is 4.42. The van der Waals surface area contributed by atoms with Crippen LogP contribution in [0.25, 0.3) is 15.8 Å². The summed E-state index contributed by atoms with van der Waals surface area (Å²) in [6.07, 6.45) is 2.27. The SMILES string of the molecule is COC(=C1CC1)c1ccc2sc(C#N)c(Br)c2c1. The predicted molar refractivity (Wildman–Crippen MR) is 77.4 cm³/mol. The van der Waals surface area contributed by atoms with E-state index in [1.807, 2.05) is 0 Å². The van der Waals surface area contributed by atoms with Gasteiger partial charge in [-0.05, 0) is 52.5 Å². The molecule has 18 heavy (non-hydrogen) atoms. The molecule has 2 nitrogen and oxygen atoms in total. The number of hydrogen-bond acceptors (Lipinski definition) is 3.